The molecule has 0 aliphatic carbocycles. The lowest BCUT2D eigenvalue weighted by atomic mass is 9.87. The molecule has 2 rings (SSSR count). The molecule has 2 aliphatic rings. The quantitative estimate of drug-likeness (QED) is 0.838. The van der Waals surface area contributed by atoms with E-state index >= 15 is 0 Å². The molecular formula is C15H31N3O. The van der Waals surface area contributed by atoms with Gasteiger partial charge in [0.2, 0.25) is 0 Å². The Kier molecular flexibility index (Phi) is 5.23. The zero-order valence-electron chi connectivity index (χ0n) is 12.9. The second kappa shape index (κ2) is 6.53. The molecule has 2 fully saturated rings. The average Bonchev–Trinajstić information content (AvgIpc) is 2.60. The summed E-state index contributed by atoms with van der Waals surface area (Å²) in [5, 5.41) is 0. The fourth-order valence-corrected chi connectivity index (χ4v) is 3.77. The van der Waals surface area contributed by atoms with Crippen molar-refractivity contribution in [3.63, 3.8) is 0 Å². The van der Waals surface area contributed by atoms with Gasteiger partial charge in [-0.2, -0.15) is 0 Å². The van der Waals surface area contributed by atoms with Gasteiger partial charge in [0.15, 0.2) is 0 Å². The fraction of sp³-hybridized carbons (Fsp3) is 1.00. The zero-order valence-corrected chi connectivity index (χ0v) is 12.9. The number of hydrogen-bond donors (Lipinski definition) is 1. The molecular weight excluding hydrogens is 238 g/mol. The Labute approximate surface area is 118 Å². The Morgan fingerprint density at radius 1 is 1.16 bits per heavy atom. The van der Waals surface area contributed by atoms with E-state index in [1.165, 1.54) is 32.4 Å². The van der Waals surface area contributed by atoms with E-state index in [0.29, 0.717) is 12.2 Å². The lowest BCUT2D eigenvalue weighted by Crippen LogP contribution is -2.60. The van der Waals surface area contributed by atoms with Crippen molar-refractivity contribution >= 4 is 0 Å². The normalized spacial score (nSPS) is 39.2. The standard InChI is InChI=1S/C15H31N3O/c1-4-17-8-5-6-15(12-16,7-9-17)18-10-13(2)19-14(3)11-18/h13-14H,4-12,16H2,1-3H3. The van der Waals surface area contributed by atoms with E-state index in [1.54, 1.807) is 0 Å². The molecule has 0 aromatic carbocycles. The third-order valence-corrected chi connectivity index (χ3v) is 4.93. The number of hydrogen-bond acceptors (Lipinski definition) is 4. The topological polar surface area (TPSA) is 41.7 Å². The summed E-state index contributed by atoms with van der Waals surface area (Å²) in [7, 11) is 0. The van der Waals surface area contributed by atoms with E-state index in [1.807, 2.05) is 0 Å². The summed E-state index contributed by atoms with van der Waals surface area (Å²) in [5.41, 5.74) is 6.42. The first kappa shape index (κ1) is 15.2. The molecule has 0 radical (unpaired) electrons. The second-order valence-corrected chi connectivity index (χ2v) is 6.38. The van der Waals surface area contributed by atoms with Crippen LogP contribution in [0, 0.1) is 0 Å². The Balaban J connectivity index is 2.08. The highest BCUT2D eigenvalue weighted by molar-refractivity contribution is 4.97. The van der Waals surface area contributed by atoms with Gasteiger partial charge in [0.05, 0.1) is 12.2 Å². The van der Waals surface area contributed by atoms with E-state index in [4.69, 9.17) is 10.5 Å². The highest BCUT2D eigenvalue weighted by atomic mass is 16.5. The predicted octanol–water partition coefficient (Wildman–Crippen LogP) is 1.30. The average molecular weight is 269 g/mol. The van der Waals surface area contributed by atoms with Crippen LogP contribution in [0.1, 0.15) is 40.0 Å². The number of ether oxygens (including phenoxy) is 1. The minimum Gasteiger partial charge on any atom is -0.373 e. The molecule has 2 N–H and O–H groups in total. The van der Waals surface area contributed by atoms with E-state index in [-0.39, 0.29) is 5.54 Å². The van der Waals surface area contributed by atoms with Crippen molar-refractivity contribution in [1.82, 2.24) is 9.80 Å². The Morgan fingerprint density at radius 3 is 2.42 bits per heavy atom. The smallest absolute Gasteiger partial charge is 0.0678 e. The Hall–Kier alpha value is -0.160. The third-order valence-electron chi connectivity index (χ3n) is 4.93. The molecule has 112 valence electrons. The van der Waals surface area contributed by atoms with Gasteiger partial charge in [0, 0.05) is 25.2 Å². The monoisotopic (exact) mass is 269 g/mol. The van der Waals surface area contributed by atoms with Gasteiger partial charge in [-0.1, -0.05) is 6.92 Å². The van der Waals surface area contributed by atoms with Crippen LogP contribution in [0.4, 0.5) is 0 Å². The highest BCUT2D eigenvalue weighted by Gasteiger charge is 2.40. The van der Waals surface area contributed by atoms with Crippen molar-refractivity contribution in [3.05, 3.63) is 0 Å². The molecule has 0 bridgehead atoms. The van der Waals surface area contributed by atoms with Gasteiger partial charge >= 0.3 is 0 Å². The highest BCUT2D eigenvalue weighted by Crippen LogP contribution is 2.31. The molecule has 0 aromatic heterocycles. The molecule has 2 saturated heterocycles. The number of morpholine rings is 1. The molecule has 2 aliphatic heterocycles. The maximum absolute atomic E-state index is 6.22. The van der Waals surface area contributed by atoms with E-state index < -0.39 is 0 Å². The molecule has 0 aromatic rings. The molecule has 0 saturated carbocycles. The largest absolute Gasteiger partial charge is 0.373 e. The molecule has 3 atom stereocenters. The van der Waals surface area contributed by atoms with Crippen LogP contribution in [0.15, 0.2) is 0 Å². The molecule has 19 heavy (non-hydrogen) atoms. The summed E-state index contributed by atoms with van der Waals surface area (Å²) in [6.45, 7) is 13.1. The summed E-state index contributed by atoms with van der Waals surface area (Å²) in [6.07, 6.45) is 4.37. The van der Waals surface area contributed by atoms with Crippen molar-refractivity contribution in [2.24, 2.45) is 5.73 Å². The van der Waals surface area contributed by atoms with E-state index in [9.17, 15) is 0 Å². The van der Waals surface area contributed by atoms with E-state index in [2.05, 4.69) is 30.6 Å². The number of rotatable bonds is 3. The van der Waals surface area contributed by atoms with Crippen molar-refractivity contribution < 1.29 is 4.74 Å². The van der Waals surface area contributed by atoms with Gasteiger partial charge in [-0.3, -0.25) is 4.90 Å². The number of nitrogens with zero attached hydrogens (tertiary/aromatic N) is 2. The van der Waals surface area contributed by atoms with Crippen molar-refractivity contribution in [2.45, 2.75) is 57.8 Å². The number of likely N-dealkylation sites (tertiary alicyclic amines) is 1. The molecule has 4 nitrogen and oxygen atoms in total. The van der Waals surface area contributed by atoms with Crippen LogP contribution in [-0.2, 0) is 4.74 Å². The summed E-state index contributed by atoms with van der Waals surface area (Å²) in [5.74, 6) is 0. The minimum atomic E-state index is 0.205. The Bertz CT molecular complexity index is 277. The molecule has 2 heterocycles. The van der Waals surface area contributed by atoms with Crippen LogP contribution in [0.5, 0.6) is 0 Å². The fourth-order valence-electron chi connectivity index (χ4n) is 3.77. The van der Waals surface area contributed by atoms with Crippen LogP contribution in [-0.4, -0.2) is 66.8 Å². The first-order chi connectivity index (χ1) is 9.09. The summed E-state index contributed by atoms with van der Waals surface area (Å²) < 4.78 is 5.88. The lowest BCUT2D eigenvalue weighted by Gasteiger charge is -2.48. The molecule has 0 amide bonds. The predicted molar refractivity (Wildman–Crippen MR) is 79.3 cm³/mol. The maximum atomic E-state index is 6.22. The SMILES string of the molecule is CCN1CCCC(CN)(N2CC(C)OC(C)C2)CC1. The molecule has 4 heteroatoms. The van der Waals surface area contributed by atoms with Crippen LogP contribution in [0.3, 0.4) is 0 Å². The zero-order chi connectivity index (χ0) is 13.9. The van der Waals surface area contributed by atoms with Crippen molar-refractivity contribution in [1.29, 1.82) is 0 Å². The van der Waals surface area contributed by atoms with Crippen molar-refractivity contribution in [3.8, 4) is 0 Å². The molecule has 3 unspecified atom stereocenters. The maximum Gasteiger partial charge on any atom is 0.0678 e. The van der Waals surface area contributed by atoms with Gasteiger partial charge in [-0.25, -0.2) is 0 Å². The number of nitrogens with two attached hydrogens (primary N) is 1. The van der Waals surface area contributed by atoms with Gasteiger partial charge in [-0.05, 0) is 52.7 Å². The van der Waals surface area contributed by atoms with E-state index in [0.717, 1.165) is 26.2 Å². The van der Waals surface area contributed by atoms with Crippen LogP contribution in [0.2, 0.25) is 0 Å². The lowest BCUT2D eigenvalue weighted by molar-refractivity contribution is -0.103. The summed E-state index contributed by atoms with van der Waals surface area (Å²) >= 11 is 0. The first-order valence-corrected chi connectivity index (χ1v) is 7.92. The Morgan fingerprint density at radius 2 is 1.84 bits per heavy atom. The summed E-state index contributed by atoms with van der Waals surface area (Å²) in [6, 6.07) is 0. The van der Waals surface area contributed by atoms with Crippen LogP contribution >= 0.6 is 0 Å². The molecule has 0 spiro atoms. The second-order valence-electron chi connectivity index (χ2n) is 6.38. The van der Waals surface area contributed by atoms with Crippen molar-refractivity contribution in [2.75, 3.05) is 39.3 Å². The minimum absolute atomic E-state index is 0.205. The third kappa shape index (κ3) is 3.48. The van der Waals surface area contributed by atoms with Crippen LogP contribution in [0.25, 0.3) is 0 Å². The van der Waals surface area contributed by atoms with Gasteiger partial charge < -0.3 is 15.4 Å². The first-order valence-electron chi connectivity index (χ1n) is 7.92. The van der Waals surface area contributed by atoms with Gasteiger partial charge in [0.1, 0.15) is 0 Å². The van der Waals surface area contributed by atoms with Crippen LogP contribution < -0.4 is 5.73 Å². The van der Waals surface area contributed by atoms with Gasteiger partial charge in [-0.15, -0.1) is 0 Å². The summed E-state index contributed by atoms with van der Waals surface area (Å²) in [4.78, 5) is 5.19. The van der Waals surface area contributed by atoms with Gasteiger partial charge in [0.25, 0.3) is 0 Å².